The highest BCUT2D eigenvalue weighted by molar-refractivity contribution is 6.06. The SMILES string of the molecule is CCOC(=O)CCCOc1ccccc1C(=O)Nc1ccc(OCc2ccc(CC(C)C)cc2)c(OCc2ccc(CC(C)C)cc2)c1. The summed E-state index contributed by atoms with van der Waals surface area (Å²) in [5.74, 6) is 2.15. The molecule has 0 unspecified atom stereocenters. The molecule has 0 aliphatic heterocycles. The predicted molar refractivity (Wildman–Crippen MR) is 191 cm³/mol. The van der Waals surface area contributed by atoms with Crippen LogP contribution in [0.5, 0.6) is 17.2 Å². The van der Waals surface area contributed by atoms with Crippen molar-refractivity contribution in [2.24, 2.45) is 11.8 Å². The average Bonchev–Trinajstić information content (AvgIpc) is 3.06. The van der Waals surface area contributed by atoms with E-state index in [-0.39, 0.29) is 24.9 Å². The summed E-state index contributed by atoms with van der Waals surface area (Å²) in [5, 5.41) is 2.98. The zero-order chi connectivity index (χ0) is 34.3. The van der Waals surface area contributed by atoms with Crippen molar-refractivity contribution in [1.29, 1.82) is 0 Å². The number of amides is 1. The van der Waals surface area contributed by atoms with Gasteiger partial charge in [0, 0.05) is 18.2 Å². The molecule has 254 valence electrons. The molecule has 4 aromatic rings. The average molecular weight is 652 g/mol. The lowest BCUT2D eigenvalue weighted by molar-refractivity contribution is -0.143. The first-order valence-corrected chi connectivity index (χ1v) is 16.9. The lowest BCUT2D eigenvalue weighted by atomic mass is 10.0. The minimum atomic E-state index is -0.321. The Bertz CT molecular complexity index is 1590. The van der Waals surface area contributed by atoms with E-state index in [9.17, 15) is 9.59 Å². The molecule has 0 atom stereocenters. The Labute approximate surface area is 285 Å². The van der Waals surface area contributed by atoms with Crippen LogP contribution in [0.2, 0.25) is 0 Å². The maximum Gasteiger partial charge on any atom is 0.305 e. The van der Waals surface area contributed by atoms with Crippen molar-refractivity contribution < 1.29 is 28.5 Å². The molecular formula is C41H49NO6. The number of benzene rings is 4. The lowest BCUT2D eigenvalue weighted by Gasteiger charge is -2.16. The molecule has 0 aliphatic carbocycles. The van der Waals surface area contributed by atoms with Gasteiger partial charge in [-0.25, -0.2) is 0 Å². The Hall–Kier alpha value is -4.78. The Balaban J connectivity index is 1.47. The van der Waals surface area contributed by atoms with Gasteiger partial charge in [-0.2, -0.15) is 0 Å². The summed E-state index contributed by atoms with van der Waals surface area (Å²) in [7, 11) is 0. The first-order valence-electron chi connectivity index (χ1n) is 16.9. The molecule has 1 amide bonds. The number of hydrogen-bond donors (Lipinski definition) is 1. The number of anilines is 1. The number of carbonyl (C=O) groups excluding carboxylic acids is 2. The Morgan fingerprint density at radius 3 is 1.79 bits per heavy atom. The molecule has 0 saturated carbocycles. The number of carbonyl (C=O) groups is 2. The molecule has 7 nitrogen and oxygen atoms in total. The van der Waals surface area contributed by atoms with Crippen molar-refractivity contribution in [2.45, 2.75) is 73.5 Å². The van der Waals surface area contributed by atoms with Crippen molar-refractivity contribution in [3.63, 3.8) is 0 Å². The smallest absolute Gasteiger partial charge is 0.305 e. The van der Waals surface area contributed by atoms with Crippen LogP contribution >= 0.6 is 0 Å². The fourth-order valence-electron chi connectivity index (χ4n) is 5.24. The van der Waals surface area contributed by atoms with Crippen LogP contribution in [0.4, 0.5) is 5.69 Å². The van der Waals surface area contributed by atoms with Crippen molar-refractivity contribution in [1.82, 2.24) is 0 Å². The highest BCUT2D eigenvalue weighted by Gasteiger charge is 2.15. The summed E-state index contributed by atoms with van der Waals surface area (Å²) in [6.07, 6.45) is 2.81. The topological polar surface area (TPSA) is 83.1 Å². The maximum atomic E-state index is 13.4. The Morgan fingerprint density at radius 1 is 0.646 bits per heavy atom. The standard InChI is InChI=1S/C41H49NO6/c1-6-45-40(43)12-9-23-46-37-11-8-7-10-36(37)41(44)42-35-21-22-38(47-27-33-17-13-31(14-18-33)24-29(2)3)39(26-35)48-28-34-19-15-32(16-20-34)25-30(4)5/h7-8,10-11,13-22,26,29-30H,6,9,12,23-25,27-28H2,1-5H3,(H,42,44). The van der Waals surface area contributed by atoms with E-state index in [0.717, 1.165) is 24.0 Å². The van der Waals surface area contributed by atoms with Crippen molar-refractivity contribution in [3.8, 4) is 17.2 Å². The van der Waals surface area contributed by atoms with Gasteiger partial charge in [0.1, 0.15) is 19.0 Å². The summed E-state index contributed by atoms with van der Waals surface area (Å²) < 4.78 is 23.4. The number of para-hydroxylation sites is 1. The number of nitrogens with one attached hydrogen (secondary N) is 1. The summed E-state index contributed by atoms with van der Waals surface area (Å²) in [6, 6.07) is 29.4. The van der Waals surface area contributed by atoms with Crippen LogP contribution in [0.3, 0.4) is 0 Å². The fourth-order valence-corrected chi connectivity index (χ4v) is 5.24. The van der Waals surface area contributed by atoms with Crippen LogP contribution < -0.4 is 19.5 Å². The van der Waals surface area contributed by atoms with E-state index < -0.39 is 0 Å². The molecule has 7 heteroatoms. The van der Waals surface area contributed by atoms with Gasteiger partial charge in [0.2, 0.25) is 0 Å². The second-order valence-corrected chi connectivity index (χ2v) is 12.8. The van der Waals surface area contributed by atoms with Crippen LogP contribution in [0, 0.1) is 11.8 Å². The summed E-state index contributed by atoms with van der Waals surface area (Å²) in [5.41, 5.74) is 5.65. The molecule has 0 aliphatic rings. The van der Waals surface area contributed by atoms with Gasteiger partial charge in [-0.15, -0.1) is 0 Å². The third-order valence-electron chi connectivity index (χ3n) is 7.54. The van der Waals surface area contributed by atoms with E-state index in [2.05, 4.69) is 81.5 Å². The lowest BCUT2D eigenvalue weighted by Crippen LogP contribution is -2.14. The van der Waals surface area contributed by atoms with E-state index in [1.165, 1.54) is 11.1 Å². The van der Waals surface area contributed by atoms with Gasteiger partial charge in [-0.05, 0) is 84.5 Å². The van der Waals surface area contributed by atoms with E-state index in [1.54, 1.807) is 37.3 Å². The normalized spacial score (nSPS) is 11.0. The third-order valence-corrected chi connectivity index (χ3v) is 7.54. The van der Waals surface area contributed by atoms with Crippen LogP contribution in [-0.2, 0) is 35.6 Å². The molecule has 0 heterocycles. The van der Waals surface area contributed by atoms with E-state index in [0.29, 0.717) is 66.6 Å². The molecule has 0 fully saturated rings. The predicted octanol–water partition coefficient (Wildman–Crippen LogP) is 9.22. The number of ether oxygens (including phenoxy) is 4. The van der Waals surface area contributed by atoms with Gasteiger partial charge in [0.05, 0.1) is 18.8 Å². The first-order chi connectivity index (χ1) is 23.2. The van der Waals surface area contributed by atoms with Gasteiger partial charge in [0.15, 0.2) is 11.5 Å². The van der Waals surface area contributed by atoms with Crippen LogP contribution in [-0.4, -0.2) is 25.1 Å². The largest absolute Gasteiger partial charge is 0.493 e. The van der Waals surface area contributed by atoms with Gasteiger partial charge in [-0.1, -0.05) is 88.4 Å². The first kappa shape index (κ1) is 36.1. The molecule has 48 heavy (non-hydrogen) atoms. The minimum absolute atomic E-state index is 0.255. The summed E-state index contributed by atoms with van der Waals surface area (Å²) in [6.45, 7) is 12.0. The maximum absolute atomic E-state index is 13.4. The van der Waals surface area contributed by atoms with Crippen LogP contribution in [0.15, 0.2) is 91.0 Å². The highest BCUT2D eigenvalue weighted by atomic mass is 16.5. The number of esters is 1. The van der Waals surface area contributed by atoms with Crippen LogP contribution in [0.1, 0.15) is 80.1 Å². The van der Waals surface area contributed by atoms with E-state index in [1.807, 2.05) is 12.1 Å². The minimum Gasteiger partial charge on any atom is -0.493 e. The Morgan fingerprint density at radius 2 is 1.21 bits per heavy atom. The van der Waals surface area contributed by atoms with Gasteiger partial charge < -0.3 is 24.3 Å². The molecule has 0 spiro atoms. The van der Waals surface area contributed by atoms with E-state index >= 15 is 0 Å². The monoisotopic (exact) mass is 651 g/mol. The zero-order valence-corrected chi connectivity index (χ0v) is 28.9. The second kappa shape index (κ2) is 18.5. The van der Waals surface area contributed by atoms with Gasteiger partial charge in [0.25, 0.3) is 5.91 Å². The third kappa shape index (κ3) is 11.8. The molecule has 4 aromatic carbocycles. The zero-order valence-electron chi connectivity index (χ0n) is 28.9. The molecule has 0 saturated heterocycles. The molecule has 4 rings (SSSR count). The Kier molecular flexibility index (Phi) is 13.9. The molecule has 0 bridgehead atoms. The van der Waals surface area contributed by atoms with Crippen molar-refractivity contribution in [2.75, 3.05) is 18.5 Å². The molecule has 0 aromatic heterocycles. The molecule has 0 radical (unpaired) electrons. The summed E-state index contributed by atoms with van der Waals surface area (Å²) in [4.78, 5) is 25.1. The van der Waals surface area contributed by atoms with Gasteiger partial charge >= 0.3 is 5.97 Å². The van der Waals surface area contributed by atoms with Gasteiger partial charge in [-0.3, -0.25) is 9.59 Å². The van der Waals surface area contributed by atoms with Crippen LogP contribution in [0.25, 0.3) is 0 Å². The van der Waals surface area contributed by atoms with Crippen molar-refractivity contribution >= 4 is 17.6 Å². The summed E-state index contributed by atoms with van der Waals surface area (Å²) >= 11 is 0. The van der Waals surface area contributed by atoms with E-state index in [4.69, 9.17) is 18.9 Å². The molecular weight excluding hydrogens is 602 g/mol. The fraction of sp³-hybridized carbons (Fsp3) is 0.366. The highest BCUT2D eigenvalue weighted by Crippen LogP contribution is 2.33. The second-order valence-electron chi connectivity index (χ2n) is 12.8. The number of rotatable bonds is 18. The number of hydrogen-bond acceptors (Lipinski definition) is 6. The van der Waals surface area contributed by atoms with Crippen molar-refractivity contribution in [3.05, 3.63) is 119 Å². The quantitative estimate of drug-likeness (QED) is 0.0853. The molecule has 1 N–H and O–H groups in total.